The first-order chi connectivity index (χ1) is 15.3. The minimum atomic E-state index is -1.46. The van der Waals surface area contributed by atoms with Gasteiger partial charge >= 0.3 is 5.97 Å². The number of nitrogens with one attached hydrogen (secondary N) is 2. The van der Waals surface area contributed by atoms with Gasteiger partial charge in [0.1, 0.15) is 17.1 Å². The van der Waals surface area contributed by atoms with E-state index in [0.29, 0.717) is 15.3 Å². The average Bonchev–Trinajstić information content (AvgIpc) is 3.25. The Bertz CT molecular complexity index is 982. The van der Waals surface area contributed by atoms with Crippen LogP contribution < -0.4 is 10.6 Å². The summed E-state index contributed by atoms with van der Waals surface area (Å²) in [5.41, 5.74) is 0.528. The number of nitrogens with zero attached hydrogens (tertiary/aromatic N) is 4. The lowest BCUT2D eigenvalue weighted by Crippen LogP contribution is -2.71. The van der Waals surface area contributed by atoms with E-state index in [1.54, 1.807) is 13.7 Å². The van der Waals surface area contributed by atoms with Crippen LogP contribution in [0.2, 0.25) is 0 Å². The fourth-order valence-electron chi connectivity index (χ4n) is 2.85. The van der Waals surface area contributed by atoms with Crippen molar-refractivity contribution < 1.29 is 28.1 Å². The molecule has 2 radical (unpaired) electrons. The van der Waals surface area contributed by atoms with Crippen LogP contribution in [0.15, 0.2) is 16.4 Å². The third-order valence-electron chi connectivity index (χ3n) is 4.19. The summed E-state index contributed by atoms with van der Waals surface area (Å²) in [4.78, 5) is 48.0. The predicted octanol–water partition coefficient (Wildman–Crippen LogP) is 0.970. The molecule has 1 fully saturated rings. The number of hydrogen-bond donors (Lipinski definition) is 2. The van der Waals surface area contributed by atoms with E-state index in [0.717, 1.165) is 17.1 Å². The third kappa shape index (κ3) is 5.17. The number of alkyl halides is 2. The highest BCUT2D eigenvalue weighted by molar-refractivity contribution is 14.1. The van der Waals surface area contributed by atoms with E-state index in [1.807, 2.05) is 0 Å². The number of fused-ring (bicyclic) bond motifs is 1. The first-order valence-electron chi connectivity index (χ1n) is 8.84. The molecule has 170 valence electrons. The molecule has 0 aromatic carbocycles. The first kappa shape index (κ1) is 25.1. The minimum absolute atomic E-state index is 0.0826. The number of anilines is 1. The zero-order valence-electron chi connectivity index (χ0n) is 16.7. The number of halogens is 2. The van der Waals surface area contributed by atoms with E-state index in [2.05, 4.69) is 52.6 Å². The lowest BCUT2D eigenvalue weighted by Gasteiger charge is -2.49. The van der Waals surface area contributed by atoms with Crippen molar-refractivity contribution in [2.45, 2.75) is 11.4 Å². The van der Waals surface area contributed by atoms with E-state index in [-0.39, 0.29) is 17.2 Å². The van der Waals surface area contributed by atoms with E-state index in [9.17, 15) is 18.8 Å². The van der Waals surface area contributed by atoms with E-state index >= 15 is 0 Å². The van der Waals surface area contributed by atoms with Gasteiger partial charge in [-0.25, -0.2) is 9.18 Å². The number of carbonyl (C=O) groups is 3. The van der Waals surface area contributed by atoms with Crippen LogP contribution in [-0.2, 0) is 23.7 Å². The summed E-state index contributed by atoms with van der Waals surface area (Å²) in [6.07, 6.45) is 0. The molecule has 1 aromatic heterocycles. The lowest BCUT2D eigenvalue weighted by atomic mass is 10.0. The molecular weight excluding hydrogens is 596 g/mol. The summed E-state index contributed by atoms with van der Waals surface area (Å²) >= 11 is 4.47. The molecule has 3 rings (SSSR count). The molecule has 0 saturated carbocycles. The maximum atomic E-state index is 12.9. The van der Waals surface area contributed by atoms with Gasteiger partial charge in [0.2, 0.25) is 16.7 Å². The topological polar surface area (TPSA) is 135 Å². The Labute approximate surface area is 206 Å². The van der Waals surface area contributed by atoms with Gasteiger partial charge in [0, 0.05) is 36.8 Å². The molecule has 3 heterocycles. The highest BCUT2D eigenvalue weighted by Gasteiger charge is 2.54. The zero-order chi connectivity index (χ0) is 23.4. The summed E-state index contributed by atoms with van der Waals surface area (Å²) < 4.78 is 22.1. The number of amides is 2. The Morgan fingerprint density at radius 2 is 2.25 bits per heavy atom. The largest absolute Gasteiger partial charge is 0.452 e. The second kappa shape index (κ2) is 11.1. The Morgan fingerprint density at radius 1 is 1.50 bits per heavy atom. The van der Waals surface area contributed by atoms with E-state index < -0.39 is 44.1 Å². The Balaban J connectivity index is 1.79. The molecule has 32 heavy (non-hydrogen) atoms. The summed E-state index contributed by atoms with van der Waals surface area (Å²) in [6, 6.07) is -0.940. The Morgan fingerprint density at radius 3 is 2.84 bits per heavy atom. The number of hydrogen-bond acceptors (Lipinski definition) is 11. The number of thioether (sulfide) groups is 1. The summed E-state index contributed by atoms with van der Waals surface area (Å²) in [5, 5.41) is 8.66. The van der Waals surface area contributed by atoms with Crippen molar-refractivity contribution in [3.63, 3.8) is 0 Å². The van der Waals surface area contributed by atoms with Crippen LogP contribution in [0.4, 0.5) is 9.52 Å². The van der Waals surface area contributed by atoms with Crippen LogP contribution in [0.25, 0.3) is 0 Å². The van der Waals surface area contributed by atoms with Gasteiger partial charge in [0.15, 0.2) is 7.57 Å². The third-order valence-corrected chi connectivity index (χ3v) is 7.63. The average molecular weight is 612 g/mol. The molecular formula is C15H16BFIN6O5PS2. The maximum absolute atomic E-state index is 12.9. The van der Waals surface area contributed by atoms with Crippen LogP contribution in [0.1, 0.15) is 5.82 Å². The van der Waals surface area contributed by atoms with Crippen molar-refractivity contribution in [2.24, 2.45) is 5.16 Å². The van der Waals surface area contributed by atoms with Gasteiger partial charge in [-0.2, -0.15) is 9.36 Å². The molecule has 3 atom stereocenters. The van der Waals surface area contributed by atoms with Gasteiger partial charge < -0.3 is 20.0 Å². The normalized spacial score (nSPS) is 21.4. The monoisotopic (exact) mass is 612 g/mol. The number of β-lactam (4-membered cyclic amide) rings is 1. The molecule has 2 aliphatic heterocycles. The van der Waals surface area contributed by atoms with E-state index in [1.165, 1.54) is 16.7 Å². The molecule has 0 spiro atoms. The van der Waals surface area contributed by atoms with Gasteiger partial charge in [-0.05, 0) is 12.2 Å². The maximum Gasteiger partial charge on any atom is 0.356 e. The molecule has 0 bridgehead atoms. The van der Waals surface area contributed by atoms with Crippen molar-refractivity contribution in [2.75, 3.05) is 36.1 Å². The van der Waals surface area contributed by atoms with Crippen LogP contribution >= 0.6 is 53.9 Å². The smallest absolute Gasteiger partial charge is 0.356 e. The second-order valence-corrected chi connectivity index (χ2v) is 10.1. The molecule has 3 unspecified atom stereocenters. The highest BCUT2D eigenvalue weighted by atomic mass is 127. The number of aromatic nitrogens is 2. The number of carbonyl (C=O) groups excluding carboxylic acids is 3. The summed E-state index contributed by atoms with van der Waals surface area (Å²) in [7, 11) is 5.78. The Hall–Kier alpha value is -1.52. The quantitative estimate of drug-likeness (QED) is 0.0796. The van der Waals surface area contributed by atoms with Crippen molar-refractivity contribution in [3.05, 3.63) is 17.1 Å². The summed E-state index contributed by atoms with van der Waals surface area (Å²) in [6.45, 7) is 0.310. The van der Waals surface area contributed by atoms with Crippen LogP contribution in [0.5, 0.6) is 0 Å². The highest BCUT2D eigenvalue weighted by Crippen LogP contribution is 2.42. The minimum Gasteiger partial charge on any atom is -0.452 e. The van der Waals surface area contributed by atoms with Crippen molar-refractivity contribution in [3.8, 4) is 0 Å². The molecule has 1 saturated heterocycles. The first-order valence-corrected chi connectivity index (χ1v) is 14.0. The molecule has 11 nitrogen and oxygen atoms in total. The van der Waals surface area contributed by atoms with Gasteiger partial charge in [-0.1, -0.05) is 27.7 Å². The molecule has 0 aliphatic carbocycles. The van der Waals surface area contributed by atoms with Gasteiger partial charge in [-0.15, -0.1) is 11.8 Å². The fraction of sp³-hybridized carbons (Fsp3) is 0.467. The molecule has 17 heteroatoms. The molecule has 2 aliphatic rings. The lowest BCUT2D eigenvalue weighted by molar-refractivity contribution is -0.149. The van der Waals surface area contributed by atoms with Crippen LogP contribution in [-0.4, -0.2) is 87.5 Å². The number of rotatable bonds is 9. The van der Waals surface area contributed by atoms with Gasteiger partial charge in [0.25, 0.3) is 18.7 Å². The standard InChI is InChI=1S/C15H16BFIN6O5PS2/c1-19-15-21-10(23-32-15)7(22-28-5-17)11(25)20-8-12(26)24-9(14(27)29-30(2)16)6(3-18)4-31-13(8)24/h8,13H,3-5H2,1-2H3,(H,20,25)(H,19,21,23)/b22-7+. The fourth-order valence-corrected chi connectivity index (χ4v) is 6.06. The van der Waals surface area contributed by atoms with Crippen molar-refractivity contribution in [1.82, 2.24) is 19.6 Å². The zero-order valence-corrected chi connectivity index (χ0v) is 21.4. The number of oxime groups is 1. The van der Waals surface area contributed by atoms with Gasteiger partial charge in [-0.3, -0.25) is 14.5 Å². The van der Waals surface area contributed by atoms with Crippen molar-refractivity contribution >= 4 is 90.1 Å². The molecule has 2 N–H and O–H groups in total. The summed E-state index contributed by atoms with van der Waals surface area (Å²) in [5.74, 6) is -1.58. The Kier molecular flexibility index (Phi) is 8.69. The van der Waals surface area contributed by atoms with Crippen molar-refractivity contribution in [1.29, 1.82) is 0 Å². The van der Waals surface area contributed by atoms with Crippen LogP contribution in [0.3, 0.4) is 0 Å². The molecule has 2 amide bonds. The van der Waals surface area contributed by atoms with E-state index in [4.69, 9.17) is 12.1 Å². The SMILES string of the molecule is [B]P(C)OC(=O)C1=C(CI)CSC2C(NC(=O)/C(=N/OCF)c3nsc(NC)n3)C(=O)N12. The van der Waals surface area contributed by atoms with Gasteiger partial charge in [0.05, 0.1) is 0 Å². The second-order valence-electron chi connectivity index (χ2n) is 6.22. The molecule has 1 aromatic rings. The van der Waals surface area contributed by atoms with Crippen LogP contribution in [0, 0.1) is 0 Å². The predicted molar refractivity (Wildman–Crippen MR) is 129 cm³/mol.